The molecule has 1 aromatic carbocycles. The van der Waals surface area contributed by atoms with Crippen LogP contribution >= 0.6 is 0 Å². The van der Waals surface area contributed by atoms with Gasteiger partial charge < -0.3 is 25.1 Å². The molecular formula is C13H17NO6. The first kappa shape index (κ1) is 15.6. The van der Waals surface area contributed by atoms with Crippen molar-refractivity contribution in [2.24, 2.45) is 0 Å². The summed E-state index contributed by atoms with van der Waals surface area (Å²) in [6.45, 7) is 3.08. The zero-order valence-electron chi connectivity index (χ0n) is 11.5. The van der Waals surface area contributed by atoms with Crippen LogP contribution in [-0.4, -0.2) is 36.9 Å². The zero-order valence-corrected chi connectivity index (χ0v) is 11.5. The Kier molecular flexibility index (Phi) is 5.19. The zero-order chi connectivity index (χ0) is 15.3. The summed E-state index contributed by atoms with van der Waals surface area (Å²) in [5.74, 6) is -1.40. The fourth-order valence-electron chi connectivity index (χ4n) is 1.47. The molecule has 0 bridgehead atoms. The highest BCUT2D eigenvalue weighted by Gasteiger charge is 2.16. The van der Waals surface area contributed by atoms with E-state index in [2.05, 4.69) is 0 Å². The van der Waals surface area contributed by atoms with Crippen LogP contribution in [-0.2, 0) is 9.53 Å². The van der Waals surface area contributed by atoms with E-state index in [1.54, 1.807) is 13.8 Å². The van der Waals surface area contributed by atoms with Crippen molar-refractivity contribution in [1.82, 2.24) is 0 Å². The molecule has 0 aliphatic rings. The molecule has 0 aromatic heterocycles. The predicted octanol–water partition coefficient (Wildman–Crippen LogP) is 1.31. The molecule has 1 rings (SSSR count). The maximum absolute atomic E-state index is 11.4. The van der Waals surface area contributed by atoms with Crippen LogP contribution < -0.4 is 15.2 Å². The normalized spacial score (nSPS) is 10.2. The third-order valence-electron chi connectivity index (χ3n) is 2.28. The molecule has 7 nitrogen and oxygen atoms in total. The minimum atomic E-state index is -1.19. The first-order valence-electron chi connectivity index (χ1n) is 5.88. The summed E-state index contributed by atoms with van der Waals surface area (Å²) in [6, 6.07) is 2.53. The van der Waals surface area contributed by atoms with Crippen molar-refractivity contribution in [2.75, 3.05) is 19.5 Å². The number of nitrogen functional groups attached to an aromatic ring is 1. The fourth-order valence-corrected chi connectivity index (χ4v) is 1.47. The monoisotopic (exact) mass is 283 g/mol. The van der Waals surface area contributed by atoms with Gasteiger partial charge in [-0.1, -0.05) is 0 Å². The number of hydrogen-bond acceptors (Lipinski definition) is 6. The molecule has 7 heteroatoms. The fraction of sp³-hybridized carbons (Fsp3) is 0.385. The third-order valence-corrected chi connectivity index (χ3v) is 2.28. The van der Waals surface area contributed by atoms with E-state index in [1.165, 1.54) is 19.2 Å². The van der Waals surface area contributed by atoms with Gasteiger partial charge in [0.05, 0.1) is 24.5 Å². The molecule has 20 heavy (non-hydrogen) atoms. The van der Waals surface area contributed by atoms with Gasteiger partial charge >= 0.3 is 11.9 Å². The number of esters is 1. The van der Waals surface area contributed by atoms with Crippen LogP contribution in [0.3, 0.4) is 0 Å². The average molecular weight is 283 g/mol. The van der Waals surface area contributed by atoms with Gasteiger partial charge in [-0.3, -0.25) is 0 Å². The van der Waals surface area contributed by atoms with Gasteiger partial charge in [-0.05, 0) is 13.8 Å². The quantitative estimate of drug-likeness (QED) is 0.598. The number of carbonyl (C=O) groups is 2. The van der Waals surface area contributed by atoms with Crippen LogP contribution in [0.15, 0.2) is 12.1 Å². The first-order chi connectivity index (χ1) is 9.35. The number of carboxylic acid groups (broad SMARTS) is 1. The number of aromatic carboxylic acids is 1. The van der Waals surface area contributed by atoms with E-state index in [9.17, 15) is 9.59 Å². The Morgan fingerprint density at radius 3 is 2.45 bits per heavy atom. The summed E-state index contributed by atoms with van der Waals surface area (Å²) < 4.78 is 15.1. The molecule has 1 aromatic rings. The van der Waals surface area contributed by atoms with Crippen LogP contribution in [0.2, 0.25) is 0 Å². The van der Waals surface area contributed by atoms with Gasteiger partial charge in [-0.25, -0.2) is 9.59 Å². The van der Waals surface area contributed by atoms with Crippen molar-refractivity contribution in [1.29, 1.82) is 0 Å². The minimum Gasteiger partial charge on any atom is -0.493 e. The molecule has 0 amide bonds. The van der Waals surface area contributed by atoms with Crippen LogP contribution in [0, 0.1) is 0 Å². The Labute approximate surface area is 116 Å². The van der Waals surface area contributed by atoms with Crippen molar-refractivity contribution in [3.8, 4) is 11.5 Å². The van der Waals surface area contributed by atoms with E-state index in [0.717, 1.165) is 0 Å². The van der Waals surface area contributed by atoms with Crippen molar-refractivity contribution in [3.63, 3.8) is 0 Å². The van der Waals surface area contributed by atoms with Gasteiger partial charge in [0.1, 0.15) is 0 Å². The number of carbonyl (C=O) groups excluding carboxylic acids is 1. The largest absolute Gasteiger partial charge is 0.493 e. The summed E-state index contributed by atoms with van der Waals surface area (Å²) in [6.07, 6.45) is -0.256. The highest BCUT2D eigenvalue weighted by atomic mass is 16.6. The third kappa shape index (κ3) is 4.04. The highest BCUT2D eigenvalue weighted by Crippen LogP contribution is 2.32. The minimum absolute atomic E-state index is 0.0476. The van der Waals surface area contributed by atoms with Gasteiger partial charge in [0.2, 0.25) is 0 Å². The van der Waals surface area contributed by atoms with Gasteiger partial charge in [0, 0.05) is 12.1 Å². The number of nitrogens with two attached hydrogens (primary N) is 1. The smallest absolute Gasteiger partial charge is 0.344 e. The number of methoxy groups -OCH3 is 1. The van der Waals surface area contributed by atoms with Crippen molar-refractivity contribution in [3.05, 3.63) is 17.7 Å². The molecular weight excluding hydrogens is 266 g/mol. The summed E-state index contributed by atoms with van der Waals surface area (Å²) in [5.41, 5.74) is 5.50. The second kappa shape index (κ2) is 6.65. The Morgan fingerprint density at radius 1 is 1.30 bits per heavy atom. The van der Waals surface area contributed by atoms with Crippen LogP contribution in [0.25, 0.3) is 0 Å². The molecule has 0 unspecified atom stereocenters. The van der Waals surface area contributed by atoms with Crippen LogP contribution in [0.5, 0.6) is 11.5 Å². The van der Waals surface area contributed by atoms with Gasteiger partial charge in [-0.2, -0.15) is 0 Å². The van der Waals surface area contributed by atoms with E-state index >= 15 is 0 Å². The average Bonchev–Trinajstić information content (AvgIpc) is 2.35. The maximum atomic E-state index is 11.4. The molecule has 0 saturated carbocycles. The van der Waals surface area contributed by atoms with Crippen LogP contribution in [0.4, 0.5) is 5.69 Å². The lowest BCUT2D eigenvalue weighted by Gasteiger charge is -2.13. The van der Waals surface area contributed by atoms with Gasteiger partial charge in [0.25, 0.3) is 0 Å². The van der Waals surface area contributed by atoms with E-state index < -0.39 is 11.9 Å². The molecule has 0 aliphatic carbocycles. The molecule has 0 radical (unpaired) electrons. The number of anilines is 1. The van der Waals surface area contributed by atoms with E-state index in [0.29, 0.717) is 0 Å². The number of carboxylic acids is 1. The van der Waals surface area contributed by atoms with Crippen molar-refractivity contribution >= 4 is 17.6 Å². The Hall–Kier alpha value is -2.44. The molecule has 0 saturated heterocycles. The predicted molar refractivity (Wildman–Crippen MR) is 71.1 cm³/mol. The van der Waals surface area contributed by atoms with Crippen molar-refractivity contribution in [2.45, 2.75) is 20.0 Å². The first-order valence-corrected chi connectivity index (χ1v) is 5.88. The maximum Gasteiger partial charge on any atom is 0.344 e. The summed E-state index contributed by atoms with van der Waals surface area (Å²) >= 11 is 0. The van der Waals surface area contributed by atoms with Gasteiger partial charge in [0.15, 0.2) is 18.1 Å². The van der Waals surface area contributed by atoms with Gasteiger partial charge in [-0.15, -0.1) is 0 Å². The molecule has 0 heterocycles. The van der Waals surface area contributed by atoms with Crippen molar-refractivity contribution < 1.29 is 28.9 Å². The number of rotatable bonds is 6. The molecule has 110 valence electrons. The Balaban J connectivity index is 2.90. The molecule has 0 aliphatic heterocycles. The topological polar surface area (TPSA) is 108 Å². The summed E-state index contributed by atoms with van der Waals surface area (Å²) in [5, 5.41) is 8.98. The molecule has 0 atom stereocenters. The van der Waals surface area contributed by atoms with E-state index in [4.69, 9.17) is 25.1 Å². The summed E-state index contributed by atoms with van der Waals surface area (Å²) in [7, 11) is 1.38. The van der Waals surface area contributed by atoms with Crippen LogP contribution in [0.1, 0.15) is 24.2 Å². The second-order valence-electron chi connectivity index (χ2n) is 4.22. The number of ether oxygens (including phenoxy) is 3. The Morgan fingerprint density at radius 2 is 1.95 bits per heavy atom. The SMILES string of the molecule is COc1cc(N)c(C(=O)O)cc1OCC(=O)OC(C)C. The second-order valence-corrected chi connectivity index (χ2v) is 4.22. The lowest BCUT2D eigenvalue weighted by molar-refractivity contribution is -0.149. The number of benzene rings is 1. The van der Waals surface area contributed by atoms with E-state index in [-0.39, 0.29) is 35.5 Å². The highest BCUT2D eigenvalue weighted by molar-refractivity contribution is 5.94. The molecule has 0 spiro atoms. The molecule has 3 N–H and O–H groups in total. The summed E-state index contributed by atoms with van der Waals surface area (Å²) in [4.78, 5) is 22.4. The Bertz CT molecular complexity index is 512. The lowest BCUT2D eigenvalue weighted by atomic mass is 10.1. The lowest BCUT2D eigenvalue weighted by Crippen LogP contribution is -2.19. The number of hydrogen-bond donors (Lipinski definition) is 2. The standard InChI is InChI=1S/C13H17NO6/c1-7(2)20-12(15)6-19-11-4-8(13(16)17)9(14)5-10(11)18-3/h4-5,7H,6,14H2,1-3H3,(H,16,17). The molecule has 0 fully saturated rings. The van der Waals surface area contributed by atoms with E-state index in [1.807, 2.05) is 0 Å².